The maximum atomic E-state index is 5.78. The highest BCUT2D eigenvalue weighted by Gasteiger charge is 2.21. The second kappa shape index (κ2) is 7.01. The molecule has 1 rings (SSSR count). The van der Waals surface area contributed by atoms with Gasteiger partial charge in [-0.25, -0.2) is 0 Å². The van der Waals surface area contributed by atoms with E-state index < -0.39 is 0 Å². The van der Waals surface area contributed by atoms with Crippen LogP contribution in [0.5, 0.6) is 0 Å². The molecule has 2 unspecified atom stereocenters. The Bertz CT molecular complexity index is 130. The number of ether oxygens (including phenoxy) is 2. The van der Waals surface area contributed by atoms with Gasteiger partial charge in [-0.1, -0.05) is 41.9 Å². The number of halogens is 1. The van der Waals surface area contributed by atoms with Gasteiger partial charge >= 0.3 is 0 Å². The van der Waals surface area contributed by atoms with Crippen molar-refractivity contribution in [1.29, 1.82) is 0 Å². The Morgan fingerprint density at radius 1 is 1.15 bits per heavy atom. The quantitative estimate of drug-likeness (QED) is 0.344. The Morgan fingerprint density at radius 2 is 1.92 bits per heavy atom. The maximum absolute atomic E-state index is 5.78. The van der Waals surface area contributed by atoms with Crippen LogP contribution in [0, 0.1) is 0 Å². The molecule has 0 aliphatic heterocycles. The van der Waals surface area contributed by atoms with Crippen LogP contribution in [0.25, 0.3) is 0 Å². The highest BCUT2D eigenvalue weighted by Crippen LogP contribution is 2.26. The van der Waals surface area contributed by atoms with Gasteiger partial charge in [-0.15, -0.1) is 0 Å². The molecule has 1 saturated carbocycles. The molecule has 1 aliphatic carbocycles. The number of rotatable bonds is 4. The molecule has 0 heterocycles. The average Bonchev–Trinajstić information content (AvgIpc) is 2.32. The summed E-state index contributed by atoms with van der Waals surface area (Å²) in [6.45, 7) is 1.47. The highest BCUT2D eigenvalue weighted by molar-refractivity contribution is 14.1. The lowest BCUT2D eigenvalue weighted by Crippen LogP contribution is -2.24. The first-order valence-corrected chi connectivity index (χ1v) is 6.33. The van der Waals surface area contributed by atoms with Crippen molar-refractivity contribution in [3.05, 3.63) is 0 Å². The predicted molar refractivity (Wildman–Crippen MR) is 62.5 cm³/mol. The van der Waals surface area contributed by atoms with Crippen LogP contribution in [0.4, 0.5) is 0 Å². The largest absolute Gasteiger partial charge is 0.382 e. The van der Waals surface area contributed by atoms with E-state index in [0.717, 1.165) is 13.2 Å². The smallest absolute Gasteiger partial charge is 0.0704 e. The van der Waals surface area contributed by atoms with Gasteiger partial charge in [0, 0.05) is 11.0 Å². The summed E-state index contributed by atoms with van der Waals surface area (Å²) < 4.78 is 11.5. The molecular formula is C10H19IO2. The normalized spacial score (nSPS) is 30.0. The van der Waals surface area contributed by atoms with Gasteiger partial charge < -0.3 is 9.47 Å². The van der Waals surface area contributed by atoms with Gasteiger partial charge in [0.25, 0.3) is 0 Å². The van der Waals surface area contributed by atoms with E-state index in [1.807, 2.05) is 0 Å². The molecule has 1 aliphatic rings. The highest BCUT2D eigenvalue weighted by atomic mass is 127. The van der Waals surface area contributed by atoms with Crippen LogP contribution in [0.15, 0.2) is 0 Å². The molecule has 0 spiro atoms. The lowest BCUT2D eigenvalue weighted by molar-refractivity contribution is 0.0154. The first-order valence-electron chi connectivity index (χ1n) is 5.09. The lowest BCUT2D eigenvalue weighted by Gasteiger charge is -2.20. The lowest BCUT2D eigenvalue weighted by atomic mass is 10.1. The van der Waals surface area contributed by atoms with Crippen LogP contribution in [-0.2, 0) is 9.47 Å². The third kappa shape index (κ3) is 4.61. The Morgan fingerprint density at radius 3 is 2.69 bits per heavy atom. The molecule has 0 amide bonds. The first kappa shape index (κ1) is 11.7. The molecule has 0 aromatic heterocycles. The van der Waals surface area contributed by atoms with Crippen LogP contribution < -0.4 is 0 Å². The van der Waals surface area contributed by atoms with Gasteiger partial charge in [0.05, 0.1) is 19.3 Å². The zero-order valence-corrected chi connectivity index (χ0v) is 10.5. The molecule has 0 N–H and O–H groups in total. The van der Waals surface area contributed by atoms with E-state index in [9.17, 15) is 0 Å². The molecular weight excluding hydrogens is 279 g/mol. The SMILES string of the molecule is COCCOC1CCCCCC1I. The van der Waals surface area contributed by atoms with E-state index in [1.165, 1.54) is 32.1 Å². The third-order valence-electron chi connectivity index (χ3n) is 2.49. The fourth-order valence-corrected chi connectivity index (χ4v) is 2.71. The van der Waals surface area contributed by atoms with Crippen LogP contribution in [0.1, 0.15) is 32.1 Å². The van der Waals surface area contributed by atoms with Crippen molar-refractivity contribution in [3.8, 4) is 0 Å². The van der Waals surface area contributed by atoms with E-state index in [4.69, 9.17) is 9.47 Å². The Labute approximate surface area is 94.5 Å². The average molecular weight is 298 g/mol. The van der Waals surface area contributed by atoms with E-state index in [0.29, 0.717) is 10.0 Å². The molecule has 13 heavy (non-hydrogen) atoms. The number of hydrogen-bond acceptors (Lipinski definition) is 2. The van der Waals surface area contributed by atoms with E-state index in [1.54, 1.807) is 7.11 Å². The molecule has 0 aromatic carbocycles. The Balaban J connectivity index is 2.19. The third-order valence-corrected chi connectivity index (χ3v) is 3.92. The molecule has 0 aromatic rings. The topological polar surface area (TPSA) is 18.5 Å². The summed E-state index contributed by atoms with van der Waals surface area (Å²) in [4.78, 5) is 0. The summed E-state index contributed by atoms with van der Waals surface area (Å²) in [5.74, 6) is 0. The summed E-state index contributed by atoms with van der Waals surface area (Å²) in [7, 11) is 1.72. The number of hydrogen-bond donors (Lipinski definition) is 0. The molecule has 0 saturated heterocycles. The van der Waals surface area contributed by atoms with E-state index >= 15 is 0 Å². The summed E-state index contributed by atoms with van der Waals surface area (Å²) >= 11 is 2.53. The maximum Gasteiger partial charge on any atom is 0.0704 e. The second-order valence-electron chi connectivity index (χ2n) is 3.56. The van der Waals surface area contributed by atoms with Gasteiger partial charge in [-0.2, -0.15) is 0 Å². The monoisotopic (exact) mass is 298 g/mol. The molecule has 78 valence electrons. The Kier molecular flexibility index (Phi) is 6.32. The van der Waals surface area contributed by atoms with Crippen LogP contribution >= 0.6 is 22.6 Å². The zero-order chi connectivity index (χ0) is 9.52. The van der Waals surface area contributed by atoms with Crippen molar-refractivity contribution >= 4 is 22.6 Å². The van der Waals surface area contributed by atoms with Gasteiger partial charge in [0.15, 0.2) is 0 Å². The van der Waals surface area contributed by atoms with Crippen LogP contribution in [0.2, 0.25) is 0 Å². The molecule has 2 nitrogen and oxygen atoms in total. The zero-order valence-electron chi connectivity index (χ0n) is 8.30. The molecule has 2 atom stereocenters. The second-order valence-corrected chi connectivity index (χ2v) is 5.16. The van der Waals surface area contributed by atoms with Crippen molar-refractivity contribution in [2.24, 2.45) is 0 Å². The van der Waals surface area contributed by atoms with E-state index in [2.05, 4.69) is 22.6 Å². The molecule has 1 fully saturated rings. The van der Waals surface area contributed by atoms with Crippen LogP contribution in [0.3, 0.4) is 0 Å². The minimum absolute atomic E-state index is 0.471. The summed E-state index contributed by atoms with van der Waals surface area (Å²) in [6.07, 6.45) is 7.10. The van der Waals surface area contributed by atoms with Gasteiger partial charge in [0.2, 0.25) is 0 Å². The summed E-state index contributed by atoms with van der Waals surface area (Å²) in [5.41, 5.74) is 0. The van der Waals surface area contributed by atoms with Crippen molar-refractivity contribution in [3.63, 3.8) is 0 Å². The fourth-order valence-electron chi connectivity index (χ4n) is 1.70. The minimum Gasteiger partial charge on any atom is -0.382 e. The number of methoxy groups -OCH3 is 1. The fraction of sp³-hybridized carbons (Fsp3) is 1.00. The summed E-state index contributed by atoms with van der Waals surface area (Å²) in [6, 6.07) is 0. The van der Waals surface area contributed by atoms with Crippen molar-refractivity contribution in [1.82, 2.24) is 0 Å². The van der Waals surface area contributed by atoms with Crippen molar-refractivity contribution in [2.45, 2.75) is 42.1 Å². The molecule has 0 bridgehead atoms. The van der Waals surface area contributed by atoms with Crippen molar-refractivity contribution in [2.75, 3.05) is 20.3 Å². The van der Waals surface area contributed by atoms with Gasteiger partial charge in [-0.3, -0.25) is 0 Å². The predicted octanol–water partition coefficient (Wildman–Crippen LogP) is 2.79. The first-order chi connectivity index (χ1) is 6.34. The number of alkyl halides is 1. The van der Waals surface area contributed by atoms with E-state index in [-0.39, 0.29) is 0 Å². The van der Waals surface area contributed by atoms with Gasteiger partial charge in [0.1, 0.15) is 0 Å². The minimum atomic E-state index is 0.471. The Hall–Kier alpha value is 0.650. The standard InChI is InChI=1S/C10H19IO2/c1-12-7-8-13-10-6-4-2-3-5-9(10)11/h9-10H,2-8H2,1H3. The van der Waals surface area contributed by atoms with Crippen molar-refractivity contribution < 1.29 is 9.47 Å². The molecule has 0 radical (unpaired) electrons. The summed E-state index contributed by atoms with van der Waals surface area (Å²) in [5, 5.41) is 0. The van der Waals surface area contributed by atoms with Gasteiger partial charge in [-0.05, 0) is 12.8 Å². The van der Waals surface area contributed by atoms with Crippen LogP contribution in [-0.4, -0.2) is 30.4 Å². The molecule has 3 heteroatoms.